The topological polar surface area (TPSA) is 61.8 Å². The van der Waals surface area contributed by atoms with E-state index in [0.717, 1.165) is 16.9 Å². The average molecular weight is 258 g/mol. The second-order valence-corrected chi connectivity index (χ2v) is 4.27. The number of anilines is 2. The maximum absolute atomic E-state index is 8.75. The summed E-state index contributed by atoms with van der Waals surface area (Å²) in [6, 6.07) is 14.9. The van der Waals surface area contributed by atoms with Crippen molar-refractivity contribution >= 4 is 23.0 Å². The Labute approximate surface area is 111 Å². The number of nitrogens with two attached hydrogens (primary N) is 1. The standard InChI is InChI=1S/C14H12ClN3/c15-12-7-10(8-16)5-6-14(12)18-9-11-3-1-2-4-13(11)17/h1-7,18H,9,17H2. The van der Waals surface area contributed by atoms with Gasteiger partial charge in [-0.25, -0.2) is 0 Å². The summed E-state index contributed by atoms with van der Waals surface area (Å²) in [6.07, 6.45) is 0. The predicted molar refractivity (Wildman–Crippen MR) is 74.3 cm³/mol. The van der Waals surface area contributed by atoms with Gasteiger partial charge in [0.05, 0.1) is 22.3 Å². The van der Waals surface area contributed by atoms with Gasteiger partial charge in [0.25, 0.3) is 0 Å². The summed E-state index contributed by atoms with van der Waals surface area (Å²) < 4.78 is 0. The summed E-state index contributed by atoms with van der Waals surface area (Å²) in [5, 5.41) is 12.5. The van der Waals surface area contributed by atoms with Gasteiger partial charge in [-0.2, -0.15) is 5.26 Å². The normalized spacial score (nSPS) is 9.78. The van der Waals surface area contributed by atoms with E-state index < -0.39 is 0 Å². The van der Waals surface area contributed by atoms with Gasteiger partial charge in [0, 0.05) is 12.2 Å². The Kier molecular flexibility index (Phi) is 3.71. The van der Waals surface area contributed by atoms with Gasteiger partial charge in [0.15, 0.2) is 0 Å². The van der Waals surface area contributed by atoms with Crippen molar-refractivity contribution in [3.63, 3.8) is 0 Å². The number of hydrogen-bond acceptors (Lipinski definition) is 3. The average Bonchev–Trinajstić information content (AvgIpc) is 2.39. The molecule has 0 spiro atoms. The summed E-state index contributed by atoms with van der Waals surface area (Å²) in [6.45, 7) is 0.596. The smallest absolute Gasteiger partial charge is 0.0992 e. The second kappa shape index (κ2) is 5.44. The fourth-order valence-electron chi connectivity index (χ4n) is 1.61. The molecular weight excluding hydrogens is 246 g/mol. The molecule has 0 aromatic heterocycles. The minimum absolute atomic E-state index is 0.531. The van der Waals surface area contributed by atoms with Crippen LogP contribution in [0.4, 0.5) is 11.4 Å². The summed E-state index contributed by atoms with van der Waals surface area (Å²) in [5.41, 5.74) is 8.95. The van der Waals surface area contributed by atoms with Crippen molar-refractivity contribution in [2.24, 2.45) is 0 Å². The molecule has 2 aromatic carbocycles. The number of para-hydroxylation sites is 1. The molecule has 0 aliphatic heterocycles. The summed E-state index contributed by atoms with van der Waals surface area (Å²) in [7, 11) is 0. The van der Waals surface area contributed by atoms with Crippen LogP contribution in [-0.2, 0) is 6.54 Å². The van der Waals surface area contributed by atoms with Crippen LogP contribution >= 0.6 is 11.6 Å². The molecule has 0 heterocycles. The molecule has 0 amide bonds. The second-order valence-electron chi connectivity index (χ2n) is 3.86. The van der Waals surface area contributed by atoms with Crippen LogP contribution in [-0.4, -0.2) is 0 Å². The molecule has 0 radical (unpaired) electrons. The molecule has 0 saturated heterocycles. The van der Waals surface area contributed by atoms with E-state index in [9.17, 15) is 0 Å². The van der Waals surface area contributed by atoms with Crippen LogP contribution in [0.2, 0.25) is 5.02 Å². The highest BCUT2D eigenvalue weighted by Gasteiger charge is 2.02. The first-order chi connectivity index (χ1) is 8.70. The molecule has 0 saturated carbocycles. The SMILES string of the molecule is N#Cc1ccc(NCc2ccccc2N)c(Cl)c1. The minimum atomic E-state index is 0.531. The fourth-order valence-corrected chi connectivity index (χ4v) is 1.86. The highest BCUT2D eigenvalue weighted by Crippen LogP contribution is 2.24. The lowest BCUT2D eigenvalue weighted by Gasteiger charge is -2.10. The molecule has 90 valence electrons. The van der Waals surface area contributed by atoms with Crippen molar-refractivity contribution in [2.75, 3.05) is 11.1 Å². The lowest BCUT2D eigenvalue weighted by atomic mass is 10.1. The molecule has 0 unspecified atom stereocenters. The van der Waals surface area contributed by atoms with Crippen molar-refractivity contribution in [1.29, 1.82) is 5.26 Å². The van der Waals surface area contributed by atoms with Crippen LogP contribution in [0.15, 0.2) is 42.5 Å². The van der Waals surface area contributed by atoms with E-state index in [1.54, 1.807) is 18.2 Å². The van der Waals surface area contributed by atoms with E-state index >= 15 is 0 Å². The molecule has 0 atom stereocenters. The lowest BCUT2D eigenvalue weighted by molar-refractivity contribution is 1.15. The molecule has 0 bridgehead atoms. The van der Waals surface area contributed by atoms with Gasteiger partial charge in [0.2, 0.25) is 0 Å². The Morgan fingerprint density at radius 1 is 1.22 bits per heavy atom. The van der Waals surface area contributed by atoms with Gasteiger partial charge in [-0.3, -0.25) is 0 Å². The third-order valence-corrected chi connectivity index (χ3v) is 2.94. The van der Waals surface area contributed by atoms with Crippen LogP contribution in [0.5, 0.6) is 0 Å². The van der Waals surface area contributed by atoms with E-state index in [4.69, 9.17) is 22.6 Å². The fraction of sp³-hybridized carbons (Fsp3) is 0.0714. The first kappa shape index (κ1) is 12.3. The van der Waals surface area contributed by atoms with Crippen LogP contribution in [0, 0.1) is 11.3 Å². The highest BCUT2D eigenvalue weighted by atomic mass is 35.5. The van der Waals surface area contributed by atoms with Gasteiger partial charge in [-0.1, -0.05) is 29.8 Å². The lowest BCUT2D eigenvalue weighted by Crippen LogP contribution is -2.03. The Balaban J connectivity index is 2.12. The summed E-state index contributed by atoms with van der Waals surface area (Å²) in [5.74, 6) is 0. The maximum atomic E-state index is 8.75. The number of rotatable bonds is 3. The molecule has 3 N–H and O–H groups in total. The number of hydrogen-bond donors (Lipinski definition) is 2. The maximum Gasteiger partial charge on any atom is 0.0992 e. The molecule has 0 aliphatic carbocycles. The summed E-state index contributed by atoms with van der Waals surface area (Å²) in [4.78, 5) is 0. The van der Waals surface area contributed by atoms with E-state index in [-0.39, 0.29) is 0 Å². The first-order valence-corrected chi connectivity index (χ1v) is 5.85. The Hall–Kier alpha value is -2.18. The third-order valence-electron chi connectivity index (χ3n) is 2.62. The van der Waals surface area contributed by atoms with Crippen LogP contribution in [0.25, 0.3) is 0 Å². The molecule has 0 fully saturated rings. The number of nitrogens with one attached hydrogen (secondary N) is 1. The van der Waals surface area contributed by atoms with Crippen LogP contribution < -0.4 is 11.1 Å². The Morgan fingerprint density at radius 3 is 2.67 bits per heavy atom. The molecule has 0 aliphatic rings. The van der Waals surface area contributed by atoms with Crippen molar-refractivity contribution in [1.82, 2.24) is 0 Å². The zero-order valence-corrected chi connectivity index (χ0v) is 10.4. The number of nitrogen functional groups attached to an aromatic ring is 1. The van der Waals surface area contributed by atoms with Crippen molar-refractivity contribution in [3.8, 4) is 6.07 Å². The largest absolute Gasteiger partial charge is 0.398 e. The Morgan fingerprint density at radius 2 is 2.00 bits per heavy atom. The zero-order chi connectivity index (χ0) is 13.0. The predicted octanol–water partition coefficient (Wildman–Crippen LogP) is 3.41. The molecule has 2 aromatic rings. The molecule has 2 rings (SSSR count). The first-order valence-electron chi connectivity index (χ1n) is 5.47. The van der Waals surface area contributed by atoms with Gasteiger partial charge < -0.3 is 11.1 Å². The quantitative estimate of drug-likeness (QED) is 0.829. The number of nitrogens with zero attached hydrogens (tertiary/aromatic N) is 1. The monoisotopic (exact) mass is 257 g/mol. The number of nitriles is 1. The number of benzene rings is 2. The molecule has 3 nitrogen and oxygen atoms in total. The van der Waals surface area contributed by atoms with Gasteiger partial charge >= 0.3 is 0 Å². The van der Waals surface area contributed by atoms with Crippen molar-refractivity contribution in [3.05, 3.63) is 58.6 Å². The van der Waals surface area contributed by atoms with E-state index in [1.165, 1.54) is 0 Å². The van der Waals surface area contributed by atoms with Crippen LogP contribution in [0.3, 0.4) is 0 Å². The molecule has 4 heteroatoms. The van der Waals surface area contributed by atoms with Crippen LogP contribution in [0.1, 0.15) is 11.1 Å². The van der Waals surface area contributed by atoms with Gasteiger partial charge in [-0.15, -0.1) is 0 Å². The van der Waals surface area contributed by atoms with Gasteiger partial charge in [-0.05, 0) is 29.8 Å². The molecule has 18 heavy (non-hydrogen) atoms. The minimum Gasteiger partial charge on any atom is -0.398 e. The zero-order valence-electron chi connectivity index (χ0n) is 9.65. The van der Waals surface area contributed by atoms with E-state index in [2.05, 4.69) is 5.32 Å². The highest BCUT2D eigenvalue weighted by molar-refractivity contribution is 6.33. The van der Waals surface area contributed by atoms with Crippen molar-refractivity contribution < 1.29 is 0 Å². The van der Waals surface area contributed by atoms with E-state index in [0.29, 0.717) is 17.1 Å². The van der Waals surface area contributed by atoms with Gasteiger partial charge in [0.1, 0.15) is 0 Å². The number of halogens is 1. The van der Waals surface area contributed by atoms with Crippen molar-refractivity contribution in [2.45, 2.75) is 6.54 Å². The molecular formula is C14H12ClN3. The third kappa shape index (κ3) is 2.73. The Bertz CT molecular complexity index is 602. The van der Waals surface area contributed by atoms with E-state index in [1.807, 2.05) is 30.3 Å². The summed E-state index contributed by atoms with van der Waals surface area (Å²) >= 11 is 6.07.